The van der Waals surface area contributed by atoms with Gasteiger partial charge >= 0.3 is 0 Å². The van der Waals surface area contributed by atoms with Gasteiger partial charge in [0.05, 0.1) is 18.1 Å². The number of nitriles is 1. The summed E-state index contributed by atoms with van der Waals surface area (Å²) in [5, 5.41) is 9.94. The van der Waals surface area contributed by atoms with Crippen molar-refractivity contribution in [1.82, 2.24) is 4.57 Å². The lowest BCUT2D eigenvalue weighted by Gasteiger charge is -2.11. The van der Waals surface area contributed by atoms with Gasteiger partial charge < -0.3 is 17.8 Å². The number of aromatic nitrogens is 1. The molecule has 0 bridgehead atoms. The molecule has 0 aliphatic heterocycles. The maximum absolute atomic E-state index is 9.94. The zero-order valence-corrected chi connectivity index (χ0v) is 20.4. The number of aryl methyl sites for hydroxylation is 2. The zero-order valence-electron chi connectivity index (χ0n) is 18.8. The fourth-order valence-corrected chi connectivity index (χ4v) is 4.38. The molecule has 0 radical (unpaired) electrons. The topological polar surface area (TPSA) is 80.5 Å². The van der Waals surface area contributed by atoms with Crippen LogP contribution >= 0.6 is 15.9 Å². The second-order valence-electron chi connectivity index (χ2n) is 7.91. The Labute approximate surface area is 204 Å². The second kappa shape index (κ2) is 8.73. The monoisotopic (exact) mass is 513 g/mol. The Bertz CT molecular complexity index is 1550. The van der Waals surface area contributed by atoms with Crippen LogP contribution in [-0.4, -0.2) is 10.8 Å². The zero-order chi connectivity index (χ0) is 23.8. The minimum absolute atomic E-state index is 0.197. The van der Waals surface area contributed by atoms with E-state index in [2.05, 4.69) is 69.7 Å². The van der Waals surface area contributed by atoms with Crippen LogP contribution in [0.4, 0.5) is 5.88 Å². The third-order valence-electron chi connectivity index (χ3n) is 5.72. The van der Waals surface area contributed by atoms with E-state index in [1.165, 1.54) is 5.56 Å². The van der Waals surface area contributed by atoms with Crippen molar-refractivity contribution in [1.29, 1.82) is 5.26 Å². The lowest BCUT2D eigenvalue weighted by molar-refractivity contribution is 0.527. The van der Waals surface area contributed by atoms with E-state index in [1.807, 2.05) is 6.92 Å². The number of furan rings is 3. The molecular weight excluding hydrogens is 494 g/mol. The minimum atomic E-state index is 0.197. The summed E-state index contributed by atoms with van der Waals surface area (Å²) in [6, 6.07) is 17.6. The van der Waals surface area contributed by atoms with Gasteiger partial charge in [0.15, 0.2) is 11.5 Å². The first kappa shape index (κ1) is 21.8. The van der Waals surface area contributed by atoms with Crippen LogP contribution < -0.4 is 0 Å². The molecular formula is C27H20BrN3O3. The third kappa shape index (κ3) is 3.72. The number of hydrogen-bond donors (Lipinski definition) is 0. The van der Waals surface area contributed by atoms with Gasteiger partial charge in [-0.3, -0.25) is 0 Å². The fraction of sp³-hybridized carbons (Fsp3) is 0.111. The van der Waals surface area contributed by atoms with E-state index in [0.29, 0.717) is 22.8 Å². The van der Waals surface area contributed by atoms with E-state index in [-0.39, 0.29) is 11.4 Å². The van der Waals surface area contributed by atoms with E-state index in [4.69, 9.17) is 13.3 Å². The summed E-state index contributed by atoms with van der Waals surface area (Å²) in [7, 11) is 0. The molecule has 0 saturated carbocycles. The van der Waals surface area contributed by atoms with Gasteiger partial charge in [0.25, 0.3) is 0 Å². The Hall–Kier alpha value is -4.02. The Morgan fingerprint density at radius 3 is 2.38 bits per heavy atom. The Morgan fingerprint density at radius 1 is 1.00 bits per heavy atom. The smallest absolute Gasteiger partial charge is 0.238 e. The van der Waals surface area contributed by atoms with E-state index in [9.17, 15) is 5.26 Å². The van der Waals surface area contributed by atoms with E-state index in [1.54, 1.807) is 43.0 Å². The molecule has 7 heteroatoms. The number of aliphatic imine (C=N–C) groups is 1. The van der Waals surface area contributed by atoms with E-state index in [0.717, 1.165) is 27.1 Å². The van der Waals surface area contributed by atoms with Crippen LogP contribution in [0.3, 0.4) is 0 Å². The highest BCUT2D eigenvalue weighted by Crippen LogP contribution is 2.42. The first-order valence-corrected chi connectivity index (χ1v) is 11.4. The first-order chi connectivity index (χ1) is 16.5. The molecule has 0 unspecified atom stereocenters. The van der Waals surface area contributed by atoms with Crippen LogP contribution in [-0.2, 0) is 0 Å². The molecule has 4 heterocycles. The molecule has 0 aliphatic rings. The number of nitrogens with zero attached hydrogens (tertiary/aromatic N) is 3. The summed E-state index contributed by atoms with van der Waals surface area (Å²) in [5.74, 6) is 1.60. The number of hydrogen-bond acceptors (Lipinski definition) is 5. The summed E-state index contributed by atoms with van der Waals surface area (Å²) in [6.45, 7) is 6.15. The maximum atomic E-state index is 9.94. The molecule has 1 aromatic carbocycles. The standard InChI is InChI=1S/C27H20BrN3O3/c1-16-8-9-20(13-22(16)28)31-17(2)12-19(18(31)3)15-30-27-21(14-29)25(23-6-4-10-32-23)26(34-27)24-7-5-11-33-24/h4-13,15H,1-3H3. The molecule has 168 valence electrons. The molecule has 5 rings (SSSR count). The van der Waals surface area contributed by atoms with Crippen LogP contribution in [0, 0.1) is 32.1 Å². The fourth-order valence-electron chi connectivity index (χ4n) is 4.02. The largest absolute Gasteiger partial charge is 0.464 e. The first-order valence-electron chi connectivity index (χ1n) is 10.6. The molecule has 5 aromatic rings. The van der Waals surface area contributed by atoms with Gasteiger partial charge in [-0.15, -0.1) is 0 Å². The Morgan fingerprint density at radius 2 is 1.74 bits per heavy atom. The van der Waals surface area contributed by atoms with E-state index < -0.39 is 0 Å². The van der Waals surface area contributed by atoms with Gasteiger partial charge in [-0.25, -0.2) is 4.99 Å². The van der Waals surface area contributed by atoms with Gasteiger partial charge in [-0.2, -0.15) is 5.26 Å². The van der Waals surface area contributed by atoms with Crippen LogP contribution in [0.1, 0.15) is 28.1 Å². The number of halogens is 1. The van der Waals surface area contributed by atoms with Crippen molar-refractivity contribution in [3.8, 4) is 34.6 Å². The second-order valence-corrected chi connectivity index (χ2v) is 8.76. The predicted octanol–water partition coefficient (Wildman–Crippen LogP) is 7.90. The summed E-state index contributed by atoms with van der Waals surface area (Å²) >= 11 is 3.62. The SMILES string of the molecule is Cc1ccc(-n2c(C)cc(C=Nc3oc(-c4ccco4)c(-c4ccco4)c3C#N)c2C)cc1Br. The van der Waals surface area contributed by atoms with Gasteiger partial charge in [-0.1, -0.05) is 22.0 Å². The Kier molecular flexibility index (Phi) is 5.60. The predicted molar refractivity (Wildman–Crippen MR) is 134 cm³/mol. The number of rotatable bonds is 5. The number of benzene rings is 1. The van der Waals surface area contributed by atoms with Crippen molar-refractivity contribution in [3.63, 3.8) is 0 Å². The maximum Gasteiger partial charge on any atom is 0.238 e. The molecule has 0 fully saturated rings. The average Bonchev–Trinajstić information content (AvgIpc) is 3.61. The summed E-state index contributed by atoms with van der Waals surface area (Å²) in [6.07, 6.45) is 4.83. The third-order valence-corrected chi connectivity index (χ3v) is 6.57. The normalized spacial score (nSPS) is 11.4. The molecule has 0 spiro atoms. The molecule has 6 nitrogen and oxygen atoms in total. The highest BCUT2D eigenvalue weighted by atomic mass is 79.9. The van der Waals surface area contributed by atoms with Crippen molar-refractivity contribution < 1.29 is 13.3 Å². The average molecular weight is 514 g/mol. The minimum Gasteiger partial charge on any atom is -0.464 e. The quantitative estimate of drug-likeness (QED) is 0.223. The molecule has 0 atom stereocenters. The van der Waals surface area contributed by atoms with Gasteiger partial charge in [0, 0.05) is 33.3 Å². The molecule has 0 amide bonds. The van der Waals surface area contributed by atoms with E-state index >= 15 is 0 Å². The molecule has 34 heavy (non-hydrogen) atoms. The highest BCUT2D eigenvalue weighted by molar-refractivity contribution is 9.10. The lowest BCUT2D eigenvalue weighted by Crippen LogP contribution is -2.00. The van der Waals surface area contributed by atoms with Crippen molar-refractivity contribution in [2.24, 2.45) is 4.99 Å². The molecule has 4 aromatic heterocycles. The summed E-state index contributed by atoms with van der Waals surface area (Å²) in [5.41, 5.74) is 6.06. The molecule has 0 saturated heterocycles. The highest BCUT2D eigenvalue weighted by Gasteiger charge is 2.26. The van der Waals surface area contributed by atoms with Crippen LogP contribution in [0.5, 0.6) is 0 Å². The lowest BCUT2D eigenvalue weighted by atomic mass is 10.1. The van der Waals surface area contributed by atoms with Crippen LogP contribution in [0.15, 0.2) is 83.8 Å². The molecule has 0 aliphatic carbocycles. The Balaban J connectivity index is 1.59. The van der Waals surface area contributed by atoms with Crippen LogP contribution in [0.2, 0.25) is 0 Å². The molecule has 0 N–H and O–H groups in total. The van der Waals surface area contributed by atoms with Crippen LogP contribution in [0.25, 0.3) is 28.5 Å². The summed E-state index contributed by atoms with van der Waals surface area (Å²) < 4.78 is 20.4. The van der Waals surface area contributed by atoms with Gasteiger partial charge in [0.2, 0.25) is 5.88 Å². The van der Waals surface area contributed by atoms with Crippen molar-refractivity contribution in [3.05, 3.63) is 93.6 Å². The van der Waals surface area contributed by atoms with Crippen molar-refractivity contribution in [2.45, 2.75) is 20.8 Å². The van der Waals surface area contributed by atoms with Gasteiger partial charge in [0.1, 0.15) is 17.4 Å². The van der Waals surface area contributed by atoms with Crippen molar-refractivity contribution in [2.75, 3.05) is 0 Å². The summed E-state index contributed by atoms with van der Waals surface area (Å²) in [4.78, 5) is 4.57. The van der Waals surface area contributed by atoms with Gasteiger partial charge in [-0.05, 0) is 68.8 Å². The van der Waals surface area contributed by atoms with Crippen molar-refractivity contribution >= 4 is 28.0 Å².